The molecule has 0 amide bonds. The van der Waals surface area contributed by atoms with Crippen LogP contribution in [0.25, 0.3) is 11.2 Å². The molecule has 0 aliphatic heterocycles. The van der Waals surface area contributed by atoms with Gasteiger partial charge in [-0.25, -0.2) is 9.97 Å². The summed E-state index contributed by atoms with van der Waals surface area (Å²) in [6.07, 6.45) is 3.66. The van der Waals surface area contributed by atoms with E-state index in [4.69, 9.17) is 11.6 Å². The molecule has 5 heteroatoms. The lowest BCUT2D eigenvalue weighted by atomic mass is 10.4. The first-order chi connectivity index (χ1) is 7.76. The molecule has 16 heavy (non-hydrogen) atoms. The van der Waals surface area contributed by atoms with Gasteiger partial charge in [0.2, 0.25) is 0 Å². The van der Waals surface area contributed by atoms with Gasteiger partial charge in [-0.15, -0.1) is 11.6 Å². The van der Waals surface area contributed by atoms with Crippen molar-refractivity contribution in [3.63, 3.8) is 0 Å². The fraction of sp³-hybridized carbons (Fsp3) is 0.455. The second-order valence-corrected chi connectivity index (χ2v) is 4.91. The molecule has 2 rings (SSSR count). The van der Waals surface area contributed by atoms with E-state index < -0.39 is 0 Å². The number of halogens is 2. The molecule has 0 aromatic carbocycles. The summed E-state index contributed by atoms with van der Waals surface area (Å²) in [6, 6.07) is 1.99. The van der Waals surface area contributed by atoms with Crippen LogP contribution in [0.5, 0.6) is 0 Å². The molecule has 0 atom stereocenters. The van der Waals surface area contributed by atoms with Crippen LogP contribution in [0.15, 0.2) is 16.7 Å². The Morgan fingerprint density at radius 3 is 3.00 bits per heavy atom. The molecule has 0 fully saturated rings. The molecule has 0 saturated heterocycles. The first-order valence-corrected chi connectivity index (χ1v) is 6.65. The Balaban J connectivity index is 2.56. The van der Waals surface area contributed by atoms with Crippen LogP contribution in [0.3, 0.4) is 0 Å². The predicted octanol–water partition coefficient (Wildman–Crippen LogP) is 3.39. The minimum absolute atomic E-state index is 0.591. The van der Waals surface area contributed by atoms with Crippen LogP contribution in [-0.2, 0) is 13.0 Å². The number of pyridine rings is 1. The maximum atomic E-state index is 5.78. The van der Waals surface area contributed by atoms with Crippen molar-refractivity contribution in [2.75, 3.05) is 5.88 Å². The molecule has 0 N–H and O–H groups in total. The van der Waals surface area contributed by atoms with Crippen LogP contribution in [0.1, 0.15) is 19.2 Å². The number of aromatic nitrogens is 3. The number of nitrogens with zero attached hydrogens (tertiary/aromatic N) is 3. The summed E-state index contributed by atoms with van der Waals surface area (Å²) in [4.78, 5) is 8.98. The molecule has 2 heterocycles. The summed E-state index contributed by atoms with van der Waals surface area (Å²) in [6.45, 7) is 3.09. The number of hydrogen-bond donors (Lipinski definition) is 0. The molecule has 0 aliphatic rings. The van der Waals surface area contributed by atoms with Gasteiger partial charge in [0.25, 0.3) is 0 Å². The van der Waals surface area contributed by atoms with E-state index in [0.29, 0.717) is 5.88 Å². The van der Waals surface area contributed by atoms with Crippen molar-refractivity contribution in [1.82, 2.24) is 14.5 Å². The number of imidazole rings is 1. The average Bonchev–Trinajstić information content (AvgIpc) is 2.57. The van der Waals surface area contributed by atoms with E-state index in [0.717, 1.165) is 40.8 Å². The smallest absolute Gasteiger partial charge is 0.160 e. The zero-order valence-electron chi connectivity index (χ0n) is 9.08. The van der Waals surface area contributed by atoms with Crippen molar-refractivity contribution < 1.29 is 0 Å². The van der Waals surface area contributed by atoms with Crippen molar-refractivity contribution in [1.29, 1.82) is 0 Å². The fourth-order valence-corrected chi connectivity index (χ4v) is 2.26. The summed E-state index contributed by atoms with van der Waals surface area (Å²) < 4.78 is 3.11. The van der Waals surface area contributed by atoms with Gasteiger partial charge in [0, 0.05) is 29.5 Å². The Hall–Kier alpha value is -0.610. The number of hydrogen-bond acceptors (Lipinski definition) is 2. The van der Waals surface area contributed by atoms with E-state index in [-0.39, 0.29) is 0 Å². The molecule has 0 saturated carbocycles. The first-order valence-electron chi connectivity index (χ1n) is 5.33. The monoisotopic (exact) mass is 301 g/mol. The third-order valence-corrected chi connectivity index (χ3v) is 3.02. The third kappa shape index (κ3) is 2.23. The highest BCUT2D eigenvalue weighted by atomic mass is 79.9. The molecule has 2 aromatic rings. The predicted molar refractivity (Wildman–Crippen MR) is 69.9 cm³/mol. The highest BCUT2D eigenvalue weighted by Crippen LogP contribution is 2.19. The van der Waals surface area contributed by atoms with Gasteiger partial charge in [0.05, 0.1) is 0 Å². The van der Waals surface area contributed by atoms with E-state index in [1.807, 2.05) is 6.07 Å². The zero-order valence-corrected chi connectivity index (χ0v) is 11.4. The van der Waals surface area contributed by atoms with E-state index in [1.165, 1.54) is 0 Å². The Morgan fingerprint density at radius 1 is 1.50 bits per heavy atom. The SMILES string of the molecule is CCCn1c(CCCl)nc2cc(Br)cnc21. The van der Waals surface area contributed by atoms with Crippen LogP contribution in [0.4, 0.5) is 0 Å². The summed E-state index contributed by atoms with van der Waals surface area (Å²) in [7, 11) is 0. The molecular formula is C11H13BrClN3. The molecule has 0 bridgehead atoms. The first kappa shape index (κ1) is 11.9. The Kier molecular flexibility index (Phi) is 3.82. The van der Waals surface area contributed by atoms with Crippen LogP contribution in [-0.4, -0.2) is 20.4 Å². The normalized spacial score (nSPS) is 11.2. The van der Waals surface area contributed by atoms with Gasteiger partial charge in [0.15, 0.2) is 5.65 Å². The molecule has 3 nitrogen and oxygen atoms in total. The quantitative estimate of drug-likeness (QED) is 0.811. The second-order valence-electron chi connectivity index (χ2n) is 3.61. The average molecular weight is 303 g/mol. The summed E-state index contributed by atoms with van der Waals surface area (Å²) in [5, 5.41) is 0. The van der Waals surface area contributed by atoms with Gasteiger partial charge in [-0.05, 0) is 28.4 Å². The highest BCUT2D eigenvalue weighted by molar-refractivity contribution is 9.10. The Bertz CT molecular complexity index is 495. The van der Waals surface area contributed by atoms with E-state index >= 15 is 0 Å². The molecule has 2 aromatic heterocycles. The van der Waals surface area contributed by atoms with Gasteiger partial charge < -0.3 is 4.57 Å². The van der Waals surface area contributed by atoms with Crippen LogP contribution in [0, 0.1) is 0 Å². The van der Waals surface area contributed by atoms with E-state index in [2.05, 4.69) is 37.4 Å². The van der Waals surface area contributed by atoms with Crippen molar-refractivity contribution in [2.24, 2.45) is 0 Å². The summed E-state index contributed by atoms with van der Waals surface area (Å²) in [5.74, 6) is 1.62. The van der Waals surface area contributed by atoms with Crippen molar-refractivity contribution in [3.8, 4) is 0 Å². The molecule has 0 aliphatic carbocycles. The van der Waals surface area contributed by atoms with Crippen molar-refractivity contribution in [3.05, 3.63) is 22.6 Å². The molecular weight excluding hydrogens is 289 g/mol. The lowest BCUT2D eigenvalue weighted by molar-refractivity contribution is 0.655. The molecule has 0 unspecified atom stereocenters. The molecule has 0 spiro atoms. The Labute approximate surface area is 108 Å². The molecule has 86 valence electrons. The van der Waals surface area contributed by atoms with Crippen LogP contribution < -0.4 is 0 Å². The third-order valence-electron chi connectivity index (χ3n) is 2.40. The van der Waals surface area contributed by atoms with Gasteiger partial charge >= 0.3 is 0 Å². The highest BCUT2D eigenvalue weighted by Gasteiger charge is 2.10. The summed E-state index contributed by atoms with van der Waals surface area (Å²) in [5.41, 5.74) is 1.88. The van der Waals surface area contributed by atoms with Gasteiger partial charge in [0.1, 0.15) is 11.3 Å². The number of rotatable bonds is 4. The van der Waals surface area contributed by atoms with Crippen molar-refractivity contribution in [2.45, 2.75) is 26.3 Å². The Morgan fingerprint density at radius 2 is 2.31 bits per heavy atom. The zero-order chi connectivity index (χ0) is 11.5. The molecule has 0 radical (unpaired) electrons. The number of alkyl halides is 1. The second kappa shape index (κ2) is 5.15. The van der Waals surface area contributed by atoms with Gasteiger partial charge in [-0.1, -0.05) is 6.92 Å². The standard InChI is InChI=1S/C11H13BrClN3/c1-2-5-16-10(3-4-13)15-9-6-8(12)7-14-11(9)16/h6-7H,2-5H2,1H3. The van der Waals surface area contributed by atoms with Gasteiger partial charge in [-0.3, -0.25) is 0 Å². The van der Waals surface area contributed by atoms with E-state index in [9.17, 15) is 0 Å². The van der Waals surface area contributed by atoms with Gasteiger partial charge in [-0.2, -0.15) is 0 Å². The minimum atomic E-state index is 0.591. The van der Waals surface area contributed by atoms with Crippen molar-refractivity contribution >= 4 is 38.7 Å². The lowest BCUT2D eigenvalue weighted by Crippen LogP contribution is -2.04. The fourth-order valence-electron chi connectivity index (χ4n) is 1.77. The number of fused-ring (bicyclic) bond motifs is 1. The maximum absolute atomic E-state index is 5.78. The topological polar surface area (TPSA) is 30.7 Å². The minimum Gasteiger partial charge on any atom is -0.313 e. The van der Waals surface area contributed by atoms with E-state index in [1.54, 1.807) is 6.20 Å². The summed E-state index contributed by atoms with van der Waals surface area (Å²) >= 11 is 9.19. The largest absolute Gasteiger partial charge is 0.313 e. The lowest BCUT2D eigenvalue weighted by Gasteiger charge is -2.05. The number of aryl methyl sites for hydroxylation is 2. The van der Waals surface area contributed by atoms with Crippen LogP contribution in [0.2, 0.25) is 0 Å². The maximum Gasteiger partial charge on any atom is 0.160 e. The van der Waals surface area contributed by atoms with Crippen LogP contribution >= 0.6 is 27.5 Å².